The molecule has 642 valence electrons. The highest BCUT2D eigenvalue weighted by Crippen LogP contribution is 2.42. The maximum atomic E-state index is 14.9. The molecular weight excluding hydrogens is 1600 g/mol. The molecule has 0 aliphatic rings. The molecule has 0 radical (unpaired) electrons. The van der Waals surface area contributed by atoms with Crippen LogP contribution < -0.4 is 30.2 Å². The molecule has 0 saturated heterocycles. The second-order valence-corrected chi connectivity index (χ2v) is 48.5. The van der Waals surface area contributed by atoms with E-state index in [1.165, 1.54) is 67.1 Å². The van der Waals surface area contributed by atoms with Crippen LogP contribution in [0.25, 0.3) is 33.4 Å². The summed E-state index contributed by atoms with van der Waals surface area (Å²) in [5.74, 6) is -0.208. The van der Waals surface area contributed by atoms with E-state index in [1.807, 2.05) is 55.4 Å². The number of pyridine rings is 3. The van der Waals surface area contributed by atoms with Gasteiger partial charge in [-0.2, -0.15) is 15.0 Å². The van der Waals surface area contributed by atoms with Crippen molar-refractivity contribution in [2.24, 2.45) is 0 Å². The number of methoxy groups -OCH3 is 3. The molecule has 0 aliphatic heterocycles. The zero-order valence-electron chi connectivity index (χ0n) is 70.9. The third kappa shape index (κ3) is 28.2. The van der Waals surface area contributed by atoms with Crippen molar-refractivity contribution in [3.05, 3.63) is 126 Å². The summed E-state index contributed by atoms with van der Waals surface area (Å²) < 4.78 is 153. The van der Waals surface area contributed by atoms with Crippen molar-refractivity contribution in [2.75, 3.05) is 114 Å². The van der Waals surface area contributed by atoms with Crippen molar-refractivity contribution in [3.63, 3.8) is 0 Å². The predicted molar refractivity (Wildman–Crippen MR) is 458 cm³/mol. The number of aliphatic hydroxyl groups is 1. The van der Waals surface area contributed by atoms with E-state index in [1.54, 1.807) is 55.0 Å². The van der Waals surface area contributed by atoms with Crippen LogP contribution >= 0.6 is 0 Å². The lowest BCUT2D eigenvalue weighted by Crippen LogP contribution is -2.25. The largest absolute Gasteiger partial charge is 0.481 e. The molecule has 29 nitrogen and oxygen atoms in total. The summed E-state index contributed by atoms with van der Waals surface area (Å²) in [6.07, 6.45) is 5.77. The van der Waals surface area contributed by atoms with Gasteiger partial charge in [-0.05, 0) is 176 Å². The molecule has 6 aromatic heterocycles. The standard InChI is InChI=1S/C30H47FN6O4SSi.C26H38FN5O5SSi.C24H33FN6O3S/c1-9-36(10-2)14-11-16-42(38,39)30-34-29(37(35-30)21-41-15-17-43(6,7)8)33-28-25(22(3)4)19-24(31)20-26(28)23-12-13-32-27(18-23)40-5;1-18(2)21-15-20(27)16-22(19-8-9-28-23(14-19)36-3)24(21)29-25-30-26(38(34,35)12-7-10-33)31-32(25)17-37-11-13-39(4,5)6;1-6-31(7-2)11-8-12-35(32,33)24-28-23(29-30-24)27-22-19(16(3)4)14-18(25)15-20(22)17-9-10-26-21(13-17)34-5/h12-13,18-20,22H,9-11,14-17,21H2,1-8H3,(H,33,34,35);8-9,14-16,18,33H,7,10-13,17H2,1-6H3,(H,29,30,31);9-10,13-16H,6-8,11-12H2,1-5H3,(H2,27,28,29,30). The topological polar surface area (TPSA) is 353 Å². The maximum absolute atomic E-state index is 14.9. The van der Waals surface area contributed by atoms with Gasteiger partial charge in [0.1, 0.15) is 30.9 Å². The van der Waals surface area contributed by atoms with Gasteiger partial charge in [-0.25, -0.2) is 67.8 Å². The van der Waals surface area contributed by atoms with Crippen molar-refractivity contribution >= 4 is 80.6 Å². The normalized spacial score (nSPS) is 12.2. The molecule has 3 aromatic carbocycles. The molecule has 0 atom stereocenters. The molecule has 0 amide bonds. The summed E-state index contributed by atoms with van der Waals surface area (Å²) in [5.41, 5.74) is 7.44. The molecule has 0 fully saturated rings. The van der Waals surface area contributed by atoms with Gasteiger partial charge in [-0.3, -0.25) is 0 Å². The van der Waals surface area contributed by atoms with E-state index in [4.69, 9.17) is 28.8 Å². The van der Waals surface area contributed by atoms with Gasteiger partial charge in [0, 0.05) is 89.4 Å². The molecule has 0 spiro atoms. The SMILES string of the molecule is CCN(CC)CCCS(=O)(=O)c1nc(Nc2c(-c3ccnc(OC)c3)cc(F)cc2C(C)C)n(COCC[Si](C)(C)C)n1.CCN(CC)CCCS(=O)(=O)c1nc(Nc2c(-c3ccnc(OC)c3)cc(F)cc2C(C)C)n[nH]1.COc1cc(-c2cc(F)cc(C(C)C)c2Nc2nc(S(=O)(=O)CCCO)nn2COCC[Si](C)(C)C)ccn1. The number of halogens is 3. The van der Waals surface area contributed by atoms with E-state index in [0.29, 0.717) is 124 Å². The van der Waals surface area contributed by atoms with Crippen molar-refractivity contribution < 1.29 is 67.2 Å². The fourth-order valence-corrected chi connectivity index (χ4v) is 17.0. The summed E-state index contributed by atoms with van der Waals surface area (Å²) in [6.45, 7) is 39.0. The Morgan fingerprint density at radius 2 is 0.829 bits per heavy atom. The minimum atomic E-state index is -3.85. The number of hydrogen-bond acceptors (Lipinski definition) is 26. The fraction of sp³-hybridized carbons (Fsp3) is 0.512. The Morgan fingerprint density at radius 1 is 0.487 bits per heavy atom. The molecule has 9 aromatic rings. The molecule has 0 saturated carbocycles. The lowest BCUT2D eigenvalue weighted by Gasteiger charge is -2.20. The summed E-state index contributed by atoms with van der Waals surface area (Å²) in [7, 11) is -9.41. The van der Waals surface area contributed by atoms with Crippen LogP contribution in [0, 0.1) is 17.5 Å². The van der Waals surface area contributed by atoms with Gasteiger partial charge in [0.15, 0.2) is 0 Å². The monoisotopic (exact) mass is 1720 g/mol. The van der Waals surface area contributed by atoms with Crippen molar-refractivity contribution in [3.8, 4) is 51.0 Å². The number of ether oxygens (including phenoxy) is 5. The van der Waals surface area contributed by atoms with Crippen LogP contribution in [0.3, 0.4) is 0 Å². The van der Waals surface area contributed by atoms with Crippen LogP contribution in [0.5, 0.6) is 17.6 Å². The number of aromatic amines is 1. The smallest absolute Gasteiger partial charge is 0.268 e. The van der Waals surface area contributed by atoms with Crippen LogP contribution in [0.15, 0.2) is 107 Å². The first kappa shape index (κ1) is 95.3. The number of rotatable bonds is 43. The molecule has 5 N–H and O–H groups in total. The molecule has 6 heterocycles. The van der Waals surface area contributed by atoms with Gasteiger partial charge >= 0.3 is 0 Å². The molecule has 37 heteroatoms. The van der Waals surface area contributed by atoms with E-state index in [9.17, 15) is 38.4 Å². The zero-order chi connectivity index (χ0) is 86.2. The number of H-pyrrole nitrogens is 1. The van der Waals surface area contributed by atoms with Crippen LogP contribution in [0.1, 0.15) is 123 Å². The number of anilines is 6. The Labute approximate surface area is 689 Å². The summed E-state index contributed by atoms with van der Waals surface area (Å²) >= 11 is 0. The van der Waals surface area contributed by atoms with E-state index < -0.39 is 63.1 Å². The second kappa shape index (κ2) is 43.8. The Kier molecular flexibility index (Phi) is 35.7. The Balaban J connectivity index is 0.000000244. The predicted octanol–water partition coefficient (Wildman–Crippen LogP) is 15.4. The number of aromatic nitrogens is 12. The molecule has 0 unspecified atom stereocenters. The van der Waals surface area contributed by atoms with Crippen molar-refractivity contribution in [1.82, 2.24) is 69.5 Å². The van der Waals surface area contributed by atoms with Crippen LogP contribution in [-0.4, -0.2) is 214 Å². The van der Waals surface area contributed by atoms with Crippen LogP contribution in [-0.2, 0) is 52.4 Å². The van der Waals surface area contributed by atoms with Gasteiger partial charge in [0.25, 0.3) is 10.3 Å². The van der Waals surface area contributed by atoms with E-state index in [-0.39, 0.29) is 94.8 Å². The van der Waals surface area contributed by atoms with Gasteiger partial charge in [-0.15, -0.1) is 15.3 Å². The number of nitrogens with one attached hydrogen (secondary N) is 4. The lowest BCUT2D eigenvalue weighted by molar-refractivity contribution is 0.0791. The molecule has 0 bridgehead atoms. The third-order valence-electron chi connectivity index (χ3n) is 18.9. The van der Waals surface area contributed by atoms with Crippen LogP contribution in [0.4, 0.5) is 48.1 Å². The quantitative estimate of drug-likeness (QED) is 0.0175. The number of benzene rings is 3. The van der Waals surface area contributed by atoms with Crippen molar-refractivity contribution in [1.29, 1.82) is 0 Å². The highest BCUT2D eigenvalue weighted by Gasteiger charge is 2.30. The van der Waals surface area contributed by atoms with Gasteiger partial charge in [0.2, 0.25) is 70.2 Å². The first-order valence-electron chi connectivity index (χ1n) is 39.3. The minimum absolute atomic E-state index is 0.0192. The van der Waals surface area contributed by atoms with E-state index >= 15 is 0 Å². The molecule has 0 aliphatic carbocycles. The minimum Gasteiger partial charge on any atom is -0.481 e. The van der Waals surface area contributed by atoms with Gasteiger partial charge in [-0.1, -0.05) is 109 Å². The fourth-order valence-electron chi connectivity index (χ4n) is 12.1. The number of hydrogen-bond donors (Lipinski definition) is 5. The average molecular weight is 1720 g/mol. The second-order valence-electron chi connectivity index (χ2n) is 31.2. The first-order chi connectivity index (χ1) is 55.3. The maximum Gasteiger partial charge on any atom is 0.268 e. The van der Waals surface area contributed by atoms with Crippen molar-refractivity contribution in [2.45, 2.75) is 187 Å². The average Bonchev–Trinajstić information content (AvgIpc) is 1.72. The van der Waals surface area contributed by atoms with E-state index in [0.717, 1.165) is 38.3 Å². The number of sulfone groups is 3. The lowest BCUT2D eigenvalue weighted by atomic mass is 9.94. The summed E-state index contributed by atoms with van der Waals surface area (Å²) in [6, 6.07) is 20.8. The third-order valence-corrected chi connectivity index (χ3v) is 27.0. The molecular formula is C80H118F3N17O12S3Si2. The number of aliphatic hydroxyl groups excluding tert-OH is 1. The first-order valence-corrected chi connectivity index (χ1v) is 51.7. The Hall–Kier alpha value is -8.80. The molecule has 9 rings (SSSR count). The van der Waals surface area contributed by atoms with Crippen LogP contribution in [0.2, 0.25) is 51.4 Å². The zero-order valence-corrected chi connectivity index (χ0v) is 75.4. The van der Waals surface area contributed by atoms with Gasteiger partial charge < -0.3 is 54.5 Å². The Bertz CT molecular complexity index is 5060. The highest BCUT2D eigenvalue weighted by molar-refractivity contribution is 7.91. The summed E-state index contributed by atoms with van der Waals surface area (Å²) in [4.78, 5) is 29.8. The molecule has 117 heavy (non-hydrogen) atoms. The number of nitrogens with zero attached hydrogens (tertiary/aromatic N) is 13. The van der Waals surface area contributed by atoms with E-state index in [2.05, 4.69) is 129 Å². The van der Waals surface area contributed by atoms with Gasteiger partial charge in [0.05, 0.1) is 55.7 Å². The summed E-state index contributed by atoms with van der Waals surface area (Å²) in [5, 5.41) is 33.2. The Morgan fingerprint density at radius 3 is 1.15 bits per heavy atom. The highest BCUT2D eigenvalue weighted by atomic mass is 32.2.